The van der Waals surface area contributed by atoms with E-state index in [1.54, 1.807) is 12.1 Å². The van der Waals surface area contributed by atoms with Gasteiger partial charge in [-0.25, -0.2) is 8.42 Å². The normalized spacial score (nSPS) is 14.1. The van der Waals surface area contributed by atoms with Gasteiger partial charge in [-0.2, -0.15) is 0 Å². The number of carbonyl (C=O) groups excluding carboxylic acids is 1. The molecule has 1 N–H and O–H groups in total. The van der Waals surface area contributed by atoms with Crippen LogP contribution in [-0.2, 0) is 20.2 Å². The highest BCUT2D eigenvalue weighted by Gasteiger charge is 2.32. The van der Waals surface area contributed by atoms with E-state index in [0.29, 0.717) is 12.1 Å². The Labute approximate surface area is 181 Å². The van der Waals surface area contributed by atoms with Crippen LogP contribution in [0.4, 0.5) is 5.69 Å². The zero-order chi connectivity index (χ0) is 22.7. The zero-order valence-electron chi connectivity index (χ0n) is 19.1. The molecular weight excluding hydrogens is 396 g/mol. The number of carbonyl (C=O) groups is 1. The fourth-order valence-corrected chi connectivity index (χ4v) is 4.63. The maximum absolute atomic E-state index is 13.1. The van der Waals surface area contributed by atoms with Gasteiger partial charge in [0.1, 0.15) is 6.04 Å². The molecule has 6 heteroatoms. The lowest BCUT2D eigenvalue weighted by Crippen LogP contribution is -2.49. The molecule has 2 aromatic rings. The largest absolute Gasteiger partial charge is 0.348 e. The second-order valence-corrected chi connectivity index (χ2v) is 10.8. The van der Waals surface area contributed by atoms with Gasteiger partial charge < -0.3 is 5.32 Å². The van der Waals surface area contributed by atoms with Gasteiger partial charge in [-0.05, 0) is 48.9 Å². The number of amides is 1. The summed E-state index contributed by atoms with van der Waals surface area (Å²) in [5.74, 6) is -0.309. The van der Waals surface area contributed by atoms with Crippen LogP contribution in [0, 0.1) is 6.92 Å². The molecule has 0 aliphatic carbocycles. The summed E-state index contributed by atoms with van der Waals surface area (Å²) >= 11 is 0. The van der Waals surface area contributed by atoms with Crippen molar-refractivity contribution in [2.45, 2.75) is 65.5 Å². The van der Waals surface area contributed by atoms with E-state index < -0.39 is 16.1 Å². The third-order valence-electron chi connectivity index (χ3n) is 5.25. The van der Waals surface area contributed by atoms with Crippen molar-refractivity contribution in [3.63, 3.8) is 0 Å². The summed E-state index contributed by atoms with van der Waals surface area (Å²) < 4.78 is 26.3. The molecule has 0 radical (unpaired) electrons. The Hall–Kier alpha value is -2.34. The molecule has 2 aromatic carbocycles. The third-order valence-corrected chi connectivity index (χ3v) is 6.43. The number of aryl methyl sites for hydroxylation is 1. The average molecular weight is 431 g/mol. The lowest BCUT2D eigenvalue weighted by atomic mass is 9.86. The number of anilines is 1. The fraction of sp³-hybridized carbons (Fsp3) is 0.458. The lowest BCUT2D eigenvalue weighted by Gasteiger charge is -2.31. The highest BCUT2D eigenvalue weighted by atomic mass is 32.2. The minimum Gasteiger partial charge on any atom is -0.348 e. The number of hydrogen-bond donors (Lipinski definition) is 1. The van der Waals surface area contributed by atoms with Crippen molar-refractivity contribution in [1.82, 2.24) is 5.32 Å². The predicted molar refractivity (Wildman–Crippen MR) is 124 cm³/mol. The monoisotopic (exact) mass is 430 g/mol. The molecule has 0 aliphatic heterocycles. The molecule has 0 fully saturated rings. The molecule has 164 valence electrons. The second-order valence-electron chi connectivity index (χ2n) is 8.92. The van der Waals surface area contributed by atoms with E-state index in [9.17, 15) is 13.2 Å². The van der Waals surface area contributed by atoms with E-state index in [0.717, 1.165) is 17.4 Å². The summed E-state index contributed by atoms with van der Waals surface area (Å²) in [6.07, 6.45) is 1.50. The molecule has 1 amide bonds. The first-order chi connectivity index (χ1) is 13.8. The molecule has 30 heavy (non-hydrogen) atoms. The van der Waals surface area contributed by atoms with Gasteiger partial charge in [0.2, 0.25) is 15.9 Å². The van der Waals surface area contributed by atoms with Crippen LogP contribution in [0.15, 0.2) is 48.5 Å². The Bertz CT molecular complexity index is 959. The Morgan fingerprint density at radius 1 is 1.03 bits per heavy atom. The van der Waals surface area contributed by atoms with Crippen LogP contribution in [0.3, 0.4) is 0 Å². The molecular formula is C24H34N2O3S. The Balaban J connectivity index is 2.26. The predicted octanol–water partition coefficient (Wildman–Crippen LogP) is 4.71. The van der Waals surface area contributed by atoms with Crippen molar-refractivity contribution >= 4 is 21.6 Å². The minimum atomic E-state index is -3.64. The third kappa shape index (κ3) is 5.85. The Morgan fingerprint density at radius 3 is 2.00 bits per heavy atom. The van der Waals surface area contributed by atoms with Gasteiger partial charge in [0, 0.05) is 0 Å². The topological polar surface area (TPSA) is 66.5 Å². The molecule has 0 saturated heterocycles. The smallest absolute Gasteiger partial charge is 0.244 e. The lowest BCUT2D eigenvalue weighted by molar-refractivity contribution is -0.122. The van der Waals surface area contributed by atoms with Crippen molar-refractivity contribution < 1.29 is 13.2 Å². The van der Waals surface area contributed by atoms with Crippen molar-refractivity contribution in [2.75, 3.05) is 10.6 Å². The molecule has 2 atom stereocenters. The van der Waals surface area contributed by atoms with Gasteiger partial charge in [-0.1, -0.05) is 69.7 Å². The van der Waals surface area contributed by atoms with E-state index in [-0.39, 0.29) is 17.4 Å². The zero-order valence-corrected chi connectivity index (χ0v) is 19.9. The summed E-state index contributed by atoms with van der Waals surface area (Å²) in [5.41, 5.74) is 3.78. The first kappa shape index (κ1) is 23.9. The molecule has 0 spiro atoms. The first-order valence-corrected chi connectivity index (χ1v) is 12.2. The van der Waals surface area contributed by atoms with Gasteiger partial charge in [0.15, 0.2) is 0 Å². The molecule has 0 aromatic heterocycles. The van der Waals surface area contributed by atoms with Crippen LogP contribution in [0.1, 0.15) is 63.8 Å². The number of nitrogens with zero attached hydrogens (tertiary/aromatic N) is 1. The van der Waals surface area contributed by atoms with Crippen LogP contribution in [-0.4, -0.2) is 26.6 Å². The van der Waals surface area contributed by atoms with Crippen LogP contribution < -0.4 is 9.62 Å². The number of rotatable bonds is 7. The molecule has 0 bridgehead atoms. The summed E-state index contributed by atoms with van der Waals surface area (Å²) in [6, 6.07) is 14.3. The second kappa shape index (κ2) is 9.21. The molecule has 0 saturated carbocycles. The summed E-state index contributed by atoms with van der Waals surface area (Å²) in [4.78, 5) is 13.1. The SMILES string of the molecule is CC[C@@H](C(=O)N[C@H](C)c1ccc(C(C)(C)C)cc1)N(c1ccc(C)cc1)S(C)(=O)=O. The van der Waals surface area contributed by atoms with Gasteiger partial charge in [-0.15, -0.1) is 0 Å². The van der Waals surface area contributed by atoms with Crippen molar-refractivity contribution in [3.05, 3.63) is 65.2 Å². The first-order valence-electron chi connectivity index (χ1n) is 10.3. The van der Waals surface area contributed by atoms with Crippen molar-refractivity contribution in [3.8, 4) is 0 Å². The Kier molecular flexibility index (Phi) is 7.35. The summed E-state index contributed by atoms with van der Waals surface area (Å²) in [7, 11) is -3.64. The average Bonchev–Trinajstić information content (AvgIpc) is 2.65. The minimum absolute atomic E-state index is 0.0579. The van der Waals surface area contributed by atoms with Crippen molar-refractivity contribution in [1.29, 1.82) is 0 Å². The standard InChI is InChI=1S/C24H34N2O3S/c1-8-22(26(30(7,28)29)21-15-9-17(2)10-16-21)23(27)25-18(3)19-11-13-20(14-12-19)24(4,5)6/h9-16,18,22H,8H2,1-7H3,(H,25,27)/t18-,22+/m1/s1. The highest BCUT2D eigenvalue weighted by Crippen LogP contribution is 2.25. The Morgan fingerprint density at radius 2 is 1.57 bits per heavy atom. The number of benzene rings is 2. The van der Waals surface area contributed by atoms with Gasteiger partial charge in [0.05, 0.1) is 18.0 Å². The summed E-state index contributed by atoms with van der Waals surface area (Å²) in [6.45, 7) is 12.1. The van der Waals surface area contributed by atoms with E-state index >= 15 is 0 Å². The van der Waals surface area contributed by atoms with Crippen LogP contribution >= 0.6 is 0 Å². The fourth-order valence-electron chi connectivity index (χ4n) is 3.42. The molecule has 5 nitrogen and oxygen atoms in total. The molecule has 2 rings (SSSR count). The van der Waals surface area contributed by atoms with E-state index in [1.807, 2.05) is 45.0 Å². The highest BCUT2D eigenvalue weighted by molar-refractivity contribution is 7.92. The maximum atomic E-state index is 13.1. The molecule has 0 unspecified atom stereocenters. The maximum Gasteiger partial charge on any atom is 0.244 e. The van der Waals surface area contributed by atoms with E-state index in [1.165, 1.54) is 9.87 Å². The van der Waals surface area contributed by atoms with Crippen LogP contribution in [0.5, 0.6) is 0 Å². The van der Waals surface area contributed by atoms with E-state index in [2.05, 4.69) is 38.2 Å². The number of sulfonamides is 1. The molecule has 0 heterocycles. The van der Waals surface area contributed by atoms with Crippen molar-refractivity contribution in [2.24, 2.45) is 0 Å². The van der Waals surface area contributed by atoms with Crippen LogP contribution in [0.25, 0.3) is 0 Å². The van der Waals surface area contributed by atoms with Gasteiger partial charge in [0.25, 0.3) is 0 Å². The van der Waals surface area contributed by atoms with Crippen LogP contribution in [0.2, 0.25) is 0 Å². The number of nitrogens with one attached hydrogen (secondary N) is 1. The van der Waals surface area contributed by atoms with Gasteiger partial charge in [-0.3, -0.25) is 9.10 Å². The molecule has 0 aliphatic rings. The summed E-state index contributed by atoms with van der Waals surface area (Å²) in [5, 5.41) is 2.99. The van der Waals surface area contributed by atoms with E-state index in [4.69, 9.17) is 0 Å². The number of hydrogen-bond acceptors (Lipinski definition) is 3. The quantitative estimate of drug-likeness (QED) is 0.691. The van der Waals surface area contributed by atoms with Gasteiger partial charge >= 0.3 is 0 Å².